The highest BCUT2D eigenvalue weighted by molar-refractivity contribution is 5.82. The number of nitrogens with one attached hydrogen (secondary N) is 4. The number of benzene rings is 3. The second-order valence-electron chi connectivity index (χ2n) is 22.7. The first-order valence-electron chi connectivity index (χ1n) is 29.1. The molecular weight excluding hydrogens is 1090 g/mol. The van der Waals surface area contributed by atoms with Gasteiger partial charge in [0.05, 0.1) is 37.2 Å². The minimum absolute atomic E-state index is 0.0805. The van der Waals surface area contributed by atoms with Crippen molar-refractivity contribution in [3.05, 3.63) is 117 Å². The zero-order valence-corrected chi connectivity index (χ0v) is 48.6. The van der Waals surface area contributed by atoms with E-state index in [1.807, 2.05) is 43.4 Å². The lowest BCUT2D eigenvalue weighted by Crippen LogP contribution is -2.40. The number of phenolic OH excluding ortho intramolecular Hbond substituents is 3. The standard InChI is InChI=1S/C23H26N8O.C19H21N7O.C19H22N6O2/c1-14(2)27-18-6-7-31(13-18)23-25-12-20(28-29-23)19-5-4-15(9-21(19)32)16-8-17-11-26-30(3)22(17)24-10-16;27-18-6-12(14-7-22-23-8-14)3-4-15(18)16-9-21-19(25-24-16)26-10-13-2-1-5-20-17(13)11-26;1-12(2)22-14-5-7-25(11-14)19-21-10-16(23-24-19)15-4-3-13(9-17(15)26)18-20-6-8-27-18/h4-5,8-12,14,18,27,32H,6-7,13H2,1-3H3;3-4,6-9,13,17,20,27H,1-2,5,10-11H2,(H,22,23);3-4,6,8-10,12,14,22,26H,5,7,11H2,1-2H3/t;13-,17+;/m.0./s1. The number of piperidine rings is 1. The van der Waals surface area contributed by atoms with Gasteiger partial charge in [0.1, 0.15) is 40.6 Å². The van der Waals surface area contributed by atoms with Gasteiger partial charge in [0.15, 0.2) is 5.65 Å². The highest BCUT2D eigenvalue weighted by Gasteiger charge is 2.36. The molecule has 2 unspecified atom stereocenters. The average molecular weight is 1160 g/mol. The number of phenols is 3. The van der Waals surface area contributed by atoms with E-state index >= 15 is 0 Å². The predicted molar refractivity (Wildman–Crippen MR) is 326 cm³/mol. The minimum atomic E-state index is 0.0805. The van der Waals surface area contributed by atoms with Gasteiger partial charge >= 0.3 is 0 Å². The van der Waals surface area contributed by atoms with E-state index in [0.29, 0.717) is 99.2 Å². The van der Waals surface area contributed by atoms with E-state index in [9.17, 15) is 15.3 Å². The molecule has 3 aromatic carbocycles. The zero-order valence-electron chi connectivity index (χ0n) is 48.6. The third kappa shape index (κ3) is 12.9. The molecule has 10 aromatic rings. The van der Waals surface area contributed by atoms with Gasteiger partial charge in [-0.15, -0.1) is 30.6 Å². The Morgan fingerprint density at radius 1 is 0.558 bits per heavy atom. The lowest BCUT2D eigenvalue weighted by molar-refractivity contribution is 0.340. The molecule has 0 spiro atoms. The van der Waals surface area contributed by atoms with Crippen LogP contribution in [0.2, 0.25) is 0 Å². The molecule has 4 aliphatic rings. The Morgan fingerprint density at radius 2 is 1.12 bits per heavy atom. The molecule has 4 fully saturated rings. The first-order valence-corrected chi connectivity index (χ1v) is 29.1. The van der Waals surface area contributed by atoms with Crippen LogP contribution in [0.1, 0.15) is 53.4 Å². The molecule has 86 heavy (non-hydrogen) atoms. The quantitative estimate of drug-likeness (QED) is 0.0607. The Morgan fingerprint density at radius 3 is 1.62 bits per heavy atom. The molecule has 4 atom stereocenters. The van der Waals surface area contributed by atoms with Crippen molar-refractivity contribution in [1.82, 2.24) is 91.4 Å². The van der Waals surface area contributed by atoms with E-state index in [1.54, 1.807) is 78.5 Å². The number of pyridine rings is 1. The van der Waals surface area contributed by atoms with Gasteiger partial charge in [0.2, 0.25) is 23.7 Å². The Kier molecular flexibility index (Phi) is 16.7. The van der Waals surface area contributed by atoms with Crippen molar-refractivity contribution in [3.63, 3.8) is 0 Å². The number of H-pyrrole nitrogens is 1. The number of nitrogens with zero attached hydrogens (tertiary/aromatic N) is 17. The number of aryl methyl sites for hydroxylation is 1. The van der Waals surface area contributed by atoms with Crippen molar-refractivity contribution in [2.24, 2.45) is 13.0 Å². The van der Waals surface area contributed by atoms with Gasteiger partial charge in [-0.2, -0.15) is 10.2 Å². The van der Waals surface area contributed by atoms with Crippen molar-refractivity contribution < 1.29 is 19.7 Å². The number of hydrogen-bond donors (Lipinski definition) is 7. The summed E-state index contributed by atoms with van der Waals surface area (Å²) in [5.74, 6) is 3.36. The van der Waals surface area contributed by atoms with Crippen LogP contribution < -0.4 is 30.7 Å². The van der Waals surface area contributed by atoms with Gasteiger partial charge in [-0.1, -0.05) is 39.8 Å². The fraction of sp³-hybridized carbons (Fsp3) is 0.361. The largest absolute Gasteiger partial charge is 0.507 e. The second-order valence-corrected chi connectivity index (χ2v) is 22.7. The number of aromatic nitrogens is 15. The topological polar surface area (TPSA) is 308 Å². The molecule has 7 aromatic heterocycles. The van der Waals surface area contributed by atoms with Crippen molar-refractivity contribution >= 4 is 28.9 Å². The van der Waals surface area contributed by atoms with Gasteiger partial charge in [-0.25, -0.2) is 24.9 Å². The maximum atomic E-state index is 10.7. The van der Waals surface area contributed by atoms with Crippen LogP contribution in [-0.2, 0) is 7.05 Å². The van der Waals surface area contributed by atoms with Crippen molar-refractivity contribution in [3.8, 4) is 84.7 Å². The number of oxazole rings is 1. The highest BCUT2D eigenvalue weighted by Crippen LogP contribution is 2.36. The highest BCUT2D eigenvalue weighted by atomic mass is 16.3. The maximum Gasteiger partial charge on any atom is 0.245 e. The molecule has 11 heterocycles. The fourth-order valence-corrected chi connectivity index (χ4v) is 11.6. The van der Waals surface area contributed by atoms with Gasteiger partial charge in [0.25, 0.3) is 0 Å². The SMILES string of the molecule is CC(C)NC1CCN(c2ncc(-c3ccc(-c4cnc5c(cnn5C)c4)cc3O)nn2)C1.CC(C)NC1CCN(c2ncc(-c3ccc(-c4ncco4)cc3O)nn2)C1.Oc1cc(-c2cn[nH]c2)ccc1-c1cnc(N2C[C@@H]3CCCN[C@@H]3C2)nn1. The normalized spacial score (nSPS) is 18.3. The van der Waals surface area contributed by atoms with Crippen LogP contribution in [0.5, 0.6) is 17.2 Å². The lowest BCUT2D eigenvalue weighted by Gasteiger charge is -2.24. The van der Waals surface area contributed by atoms with Gasteiger partial charge in [-0.05, 0) is 97.8 Å². The molecule has 0 saturated carbocycles. The molecule has 0 radical (unpaired) electrons. The summed E-state index contributed by atoms with van der Waals surface area (Å²) in [7, 11) is 1.86. The molecule has 0 bridgehead atoms. The third-order valence-electron chi connectivity index (χ3n) is 15.8. The maximum absolute atomic E-state index is 10.7. The number of aromatic hydroxyl groups is 3. The molecule has 25 nitrogen and oxygen atoms in total. The Balaban J connectivity index is 0.000000127. The molecule has 0 amide bonds. The monoisotopic (exact) mass is 1160 g/mol. The van der Waals surface area contributed by atoms with Crippen LogP contribution in [0, 0.1) is 5.92 Å². The van der Waals surface area contributed by atoms with E-state index in [-0.39, 0.29) is 17.2 Å². The predicted octanol–water partition coefficient (Wildman–Crippen LogP) is 7.07. The van der Waals surface area contributed by atoms with Crippen LogP contribution in [0.25, 0.3) is 78.5 Å². The summed E-state index contributed by atoms with van der Waals surface area (Å²) in [4.78, 5) is 28.5. The van der Waals surface area contributed by atoms with Crippen LogP contribution in [0.3, 0.4) is 0 Å². The summed E-state index contributed by atoms with van der Waals surface area (Å²) in [5, 5.41) is 79.8. The van der Waals surface area contributed by atoms with E-state index in [0.717, 1.165) is 91.9 Å². The second kappa shape index (κ2) is 25.3. The number of fused-ring (bicyclic) bond motifs is 2. The Bertz CT molecular complexity index is 3850. The summed E-state index contributed by atoms with van der Waals surface area (Å²) in [6.07, 6.45) is 19.7. The van der Waals surface area contributed by atoms with Crippen molar-refractivity contribution in [1.29, 1.82) is 0 Å². The van der Waals surface area contributed by atoms with E-state index < -0.39 is 0 Å². The summed E-state index contributed by atoms with van der Waals surface area (Å²) in [6, 6.07) is 20.5. The summed E-state index contributed by atoms with van der Waals surface area (Å²) in [6.45, 7) is 15.2. The Labute approximate surface area is 496 Å². The van der Waals surface area contributed by atoms with Crippen LogP contribution in [0.15, 0.2) is 121 Å². The first-order chi connectivity index (χ1) is 41.8. The minimum Gasteiger partial charge on any atom is -0.507 e. The summed E-state index contributed by atoms with van der Waals surface area (Å²) < 4.78 is 6.99. The van der Waals surface area contributed by atoms with Crippen molar-refractivity contribution in [2.45, 2.75) is 83.6 Å². The molecule has 4 aliphatic heterocycles. The average Bonchev–Trinajstić information content (AvgIpc) is 4.42. The fourth-order valence-electron chi connectivity index (χ4n) is 11.6. The van der Waals surface area contributed by atoms with E-state index in [1.165, 1.54) is 19.1 Å². The van der Waals surface area contributed by atoms with Crippen LogP contribution in [0.4, 0.5) is 17.8 Å². The van der Waals surface area contributed by atoms with Crippen molar-refractivity contribution in [2.75, 3.05) is 60.5 Å². The van der Waals surface area contributed by atoms with Gasteiger partial charge in [0, 0.05) is 128 Å². The number of aromatic amines is 1. The molecule has 0 aliphatic carbocycles. The molecular formula is C61H69N21O4. The molecule has 14 rings (SSSR count). The summed E-state index contributed by atoms with van der Waals surface area (Å²) in [5.41, 5.74) is 8.48. The summed E-state index contributed by atoms with van der Waals surface area (Å²) >= 11 is 0. The number of hydrogen-bond acceptors (Lipinski definition) is 23. The van der Waals surface area contributed by atoms with Crippen LogP contribution in [-0.4, -0.2) is 167 Å². The van der Waals surface area contributed by atoms with Gasteiger partial charge < -0.3 is 50.4 Å². The first kappa shape index (κ1) is 56.9. The molecule has 4 saturated heterocycles. The van der Waals surface area contributed by atoms with Gasteiger partial charge in [-0.3, -0.25) is 9.78 Å². The molecule has 7 N–H and O–H groups in total. The molecule has 442 valence electrons. The molecule has 25 heteroatoms. The lowest BCUT2D eigenvalue weighted by atomic mass is 9.94. The smallest absolute Gasteiger partial charge is 0.245 e. The number of anilines is 3. The van der Waals surface area contributed by atoms with Crippen LogP contribution >= 0.6 is 0 Å². The van der Waals surface area contributed by atoms with E-state index in [2.05, 4.69) is 129 Å². The third-order valence-corrected chi connectivity index (χ3v) is 15.8. The number of rotatable bonds is 13. The Hall–Kier alpha value is -9.59. The van der Waals surface area contributed by atoms with E-state index in [4.69, 9.17) is 4.42 Å². The zero-order chi connectivity index (χ0) is 59.3.